The zero-order valence-corrected chi connectivity index (χ0v) is 14.8. The lowest BCUT2D eigenvalue weighted by Gasteiger charge is -1.96. The summed E-state index contributed by atoms with van der Waals surface area (Å²) in [5, 5.41) is 11.9. The highest BCUT2D eigenvalue weighted by Crippen LogP contribution is 2.26. The number of aromatic nitrogens is 4. The van der Waals surface area contributed by atoms with E-state index in [-0.39, 0.29) is 0 Å². The Morgan fingerprint density at radius 3 is 2.68 bits per heavy atom. The minimum atomic E-state index is 0.507. The van der Waals surface area contributed by atoms with Crippen LogP contribution in [0.1, 0.15) is 16.3 Å². The average molecular weight is 366 g/mol. The van der Waals surface area contributed by atoms with Gasteiger partial charge in [0.1, 0.15) is 0 Å². The molecule has 0 saturated carbocycles. The molecule has 3 heterocycles. The Hall–Kier alpha value is -2.51. The number of thiazole rings is 1. The number of hydrogen-bond donors (Lipinski definition) is 0. The van der Waals surface area contributed by atoms with Gasteiger partial charge in [0, 0.05) is 35.5 Å². The van der Waals surface area contributed by atoms with Gasteiger partial charge in [0.15, 0.2) is 0 Å². The van der Waals surface area contributed by atoms with E-state index in [0.717, 1.165) is 22.7 Å². The SMILES string of the molecule is c1ccc(Cc2nc(CSc3nnc(-c4ccncc4)o3)cs2)cc1. The molecular formula is C18H14N4OS2. The third-order valence-corrected chi connectivity index (χ3v) is 5.22. The van der Waals surface area contributed by atoms with Crippen molar-refractivity contribution < 1.29 is 4.42 Å². The number of pyridine rings is 1. The molecule has 124 valence electrons. The smallest absolute Gasteiger partial charge is 0.277 e. The van der Waals surface area contributed by atoms with Crippen LogP contribution in [0.5, 0.6) is 0 Å². The van der Waals surface area contributed by atoms with Gasteiger partial charge in [-0.3, -0.25) is 4.98 Å². The zero-order valence-electron chi connectivity index (χ0n) is 13.2. The van der Waals surface area contributed by atoms with E-state index in [0.29, 0.717) is 16.9 Å². The Balaban J connectivity index is 1.37. The van der Waals surface area contributed by atoms with Gasteiger partial charge in [-0.25, -0.2) is 4.98 Å². The van der Waals surface area contributed by atoms with Crippen LogP contribution in [0.15, 0.2) is 69.9 Å². The molecule has 4 aromatic rings. The molecule has 5 nitrogen and oxygen atoms in total. The molecule has 1 aromatic carbocycles. The van der Waals surface area contributed by atoms with Crippen molar-refractivity contribution in [3.05, 3.63) is 76.5 Å². The van der Waals surface area contributed by atoms with Gasteiger partial charge < -0.3 is 4.42 Å². The highest BCUT2D eigenvalue weighted by molar-refractivity contribution is 7.98. The molecule has 7 heteroatoms. The predicted molar refractivity (Wildman–Crippen MR) is 98.5 cm³/mol. The molecule has 0 bridgehead atoms. The van der Waals surface area contributed by atoms with Crippen molar-refractivity contribution >= 4 is 23.1 Å². The second kappa shape index (κ2) is 7.58. The van der Waals surface area contributed by atoms with Crippen LogP contribution in [0, 0.1) is 0 Å². The van der Waals surface area contributed by atoms with Crippen molar-refractivity contribution in [3.63, 3.8) is 0 Å². The lowest BCUT2D eigenvalue weighted by Crippen LogP contribution is -1.88. The molecule has 0 fully saturated rings. The van der Waals surface area contributed by atoms with Crippen LogP contribution >= 0.6 is 23.1 Å². The van der Waals surface area contributed by atoms with Gasteiger partial charge in [-0.2, -0.15) is 0 Å². The Morgan fingerprint density at radius 1 is 1.00 bits per heavy atom. The lowest BCUT2D eigenvalue weighted by atomic mass is 10.2. The molecule has 4 rings (SSSR count). The summed E-state index contributed by atoms with van der Waals surface area (Å²) in [5.41, 5.74) is 3.17. The first kappa shape index (κ1) is 16.0. The van der Waals surface area contributed by atoms with Crippen LogP contribution in [0.25, 0.3) is 11.5 Å². The fourth-order valence-electron chi connectivity index (χ4n) is 2.28. The minimum Gasteiger partial charge on any atom is -0.411 e. The molecule has 3 aromatic heterocycles. The highest BCUT2D eigenvalue weighted by Gasteiger charge is 2.10. The molecule has 0 atom stereocenters. The largest absolute Gasteiger partial charge is 0.411 e. The molecule has 0 unspecified atom stereocenters. The van der Waals surface area contributed by atoms with Crippen molar-refractivity contribution in [2.24, 2.45) is 0 Å². The summed E-state index contributed by atoms with van der Waals surface area (Å²) in [6.45, 7) is 0. The summed E-state index contributed by atoms with van der Waals surface area (Å²) in [7, 11) is 0. The summed E-state index contributed by atoms with van der Waals surface area (Å²) in [4.78, 5) is 8.67. The van der Waals surface area contributed by atoms with Gasteiger partial charge in [-0.05, 0) is 17.7 Å². The van der Waals surface area contributed by atoms with E-state index in [1.807, 2.05) is 18.2 Å². The van der Waals surface area contributed by atoms with Crippen molar-refractivity contribution in [1.82, 2.24) is 20.2 Å². The molecule has 0 aliphatic rings. The molecular weight excluding hydrogens is 352 g/mol. The van der Waals surface area contributed by atoms with E-state index in [4.69, 9.17) is 4.42 Å². The Bertz CT molecular complexity index is 938. The summed E-state index contributed by atoms with van der Waals surface area (Å²) in [6, 6.07) is 14.1. The maximum Gasteiger partial charge on any atom is 0.277 e. The monoisotopic (exact) mass is 366 g/mol. The molecule has 0 amide bonds. The maximum atomic E-state index is 5.68. The number of benzene rings is 1. The number of nitrogens with zero attached hydrogens (tertiary/aromatic N) is 4. The second-order valence-corrected chi connectivity index (χ2v) is 7.16. The van der Waals surface area contributed by atoms with Crippen LogP contribution in [-0.4, -0.2) is 20.2 Å². The number of rotatable bonds is 6. The average Bonchev–Trinajstić information content (AvgIpc) is 3.31. The Morgan fingerprint density at radius 2 is 1.84 bits per heavy atom. The molecule has 0 radical (unpaired) electrons. The highest BCUT2D eigenvalue weighted by atomic mass is 32.2. The van der Waals surface area contributed by atoms with Gasteiger partial charge in [-0.15, -0.1) is 21.5 Å². The van der Waals surface area contributed by atoms with Gasteiger partial charge in [0.2, 0.25) is 5.89 Å². The lowest BCUT2D eigenvalue weighted by molar-refractivity contribution is 0.465. The first-order valence-corrected chi connectivity index (χ1v) is 9.57. The molecule has 0 aliphatic carbocycles. The first-order chi connectivity index (χ1) is 12.4. The fraction of sp³-hybridized carbons (Fsp3) is 0.111. The Labute approximate surface area is 153 Å². The predicted octanol–water partition coefficient (Wildman–Crippen LogP) is 4.47. The maximum absolute atomic E-state index is 5.68. The van der Waals surface area contributed by atoms with Gasteiger partial charge >= 0.3 is 0 Å². The van der Waals surface area contributed by atoms with Crippen molar-refractivity contribution in [3.8, 4) is 11.5 Å². The third kappa shape index (κ3) is 4.12. The summed E-state index contributed by atoms with van der Waals surface area (Å²) >= 11 is 3.18. The van der Waals surface area contributed by atoms with Crippen molar-refractivity contribution in [2.45, 2.75) is 17.4 Å². The summed E-state index contributed by atoms with van der Waals surface area (Å²) in [5.74, 6) is 1.22. The number of thioether (sulfide) groups is 1. The van der Waals surface area contributed by atoms with E-state index < -0.39 is 0 Å². The summed E-state index contributed by atoms with van der Waals surface area (Å²) in [6.07, 6.45) is 4.27. The number of hydrogen-bond acceptors (Lipinski definition) is 7. The summed E-state index contributed by atoms with van der Waals surface area (Å²) < 4.78 is 5.68. The molecule has 0 saturated heterocycles. The van der Waals surface area contributed by atoms with E-state index in [9.17, 15) is 0 Å². The fourth-order valence-corrected chi connectivity index (χ4v) is 3.87. The van der Waals surface area contributed by atoms with Gasteiger partial charge in [0.25, 0.3) is 5.22 Å². The van der Waals surface area contributed by atoms with Crippen molar-refractivity contribution in [2.75, 3.05) is 0 Å². The quantitative estimate of drug-likeness (QED) is 0.469. The van der Waals surface area contributed by atoms with E-state index in [1.54, 1.807) is 23.7 Å². The van der Waals surface area contributed by atoms with Crippen LogP contribution in [0.2, 0.25) is 0 Å². The van der Waals surface area contributed by atoms with Crippen LogP contribution in [0.3, 0.4) is 0 Å². The second-order valence-electron chi connectivity index (χ2n) is 5.29. The minimum absolute atomic E-state index is 0.507. The molecule has 0 aliphatic heterocycles. The standard InChI is InChI=1S/C18H14N4OS2/c1-2-4-13(5-3-1)10-16-20-15(11-24-16)12-25-18-22-21-17(23-18)14-6-8-19-9-7-14/h1-9,11H,10,12H2. The topological polar surface area (TPSA) is 64.7 Å². The van der Waals surface area contributed by atoms with Crippen LogP contribution in [0.4, 0.5) is 0 Å². The third-order valence-electron chi connectivity index (χ3n) is 3.47. The first-order valence-electron chi connectivity index (χ1n) is 7.71. The van der Waals surface area contributed by atoms with Crippen LogP contribution in [-0.2, 0) is 12.2 Å². The van der Waals surface area contributed by atoms with E-state index in [2.05, 4.69) is 49.8 Å². The zero-order chi connectivity index (χ0) is 16.9. The van der Waals surface area contributed by atoms with Gasteiger partial charge in [0.05, 0.1) is 10.7 Å². The van der Waals surface area contributed by atoms with Gasteiger partial charge in [-0.1, -0.05) is 42.1 Å². The molecule has 0 N–H and O–H groups in total. The Kier molecular flexibility index (Phi) is 4.85. The van der Waals surface area contributed by atoms with E-state index >= 15 is 0 Å². The van der Waals surface area contributed by atoms with Crippen LogP contribution < -0.4 is 0 Å². The molecule has 25 heavy (non-hydrogen) atoms. The molecule has 0 spiro atoms. The van der Waals surface area contributed by atoms with Crippen molar-refractivity contribution in [1.29, 1.82) is 0 Å². The van der Waals surface area contributed by atoms with E-state index in [1.165, 1.54) is 17.3 Å². The normalized spacial score (nSPS) is 10.9.